The number of imide groups is 1. The second-order valence-corrected chi connectivity index (χ2v) is 7.38. The monoisotopic (exact) mass is 362 g/mol. The van der Waals surface area contributed by atoms with Gasteiger partial charge in [-0.3, -0.25) is 19.3 Å². The van der Waals surface area contributed by atoms with Crippen LogP contribution in [-0.4, -0.2) is 17.7 Å². The van der Waals surface area contributed by atoms with Crippen LogP contribution in [0, 0.1) is 18.8 Å². The zero-order chi connectivity index (χ0) is 19.0. The van der Waals surface area contributed by atoms with Gasteiger partial charge in [0.05, 0.1) is 17.5 Å². The third-order valence-corrected chi connectivity index (χ3v) is 5.54. The number of nitrogens with zero attached hydrogens (tertiary/aromatic N) is 1. The summed E-state index contributed by atoms with van der Waals surface area (Å²) in [5.74, 6) is -0.757. The first-order chi connectivity index (χ1) is 13.0. The minimum absolute atomic E-state index is 0.0958. The molecule has 1 heterocycles. The van der Waals surface area contributed by atoms with Gasteiger partial charge in [0, 0.05) is 11.3 Å². The average molecular weight is 362 g/mol. The lowest BCUT2D eigenvalue weighted by Gasteiger charge is -2.19. The van der Waals surface area contributed by atoms with E-state index < -0.39 is 0 Å². The van der Waals surface area contributed by atoms with Crippen LogP contribution < -0.4 is 10.2 Å². The topological polar surface area (TPSA) is 66.5 Å². The molecule has 1 saturated heterocycles. The fraction of sp³-hybridized carbons (Fsp3) is 0.318. The fourth-order valence-electron chi connectivity index (χ4n) is 4.02. The molecule has 2 aliphatic rings. The second-order valence-electron chi connectivity index (χ2n) is 7.38. The number of anilines is 2. The van der Waals surface area contributed by atoms with Crippen molar-refractivity contribution in [1.29, 1.82) is 0 Å². The first-order valence-electron chi connectivity index (χ1n) is 9.40. The summed E-state index contributed by atoms with van der Waals surface area (Å²) in [5, 5.41) is 2.85. The van der Waals surface area contributed by atoms with Crippen molar-refractivity contribution < 1.29 is 14.4 Å². The molecule has 1 aliphatic carbocycles. The number of hydrogen-bond acceptors (Lipinski definition) is 3. The molecule has 5 nitrogen and oxygen atoms in total. The predicted octanol–water partition coefficient (Wildman–Crippen LogP) is 3.93. The zero-order valence-corrected chi connectivity index (χ0v) is 15.3. The Balaban J connectivity index is 1.50. The van der Waals surface area contributed by atoms with Crippen molar-refractivity contribution in [2.45, 2.75) is 32.6 Å². The molecule has 0 spiro atoms. The summed E-state index contributed by atoms with van der Waals surface area (Å²) in [6.45, 7) is 1.99. The molecule has 0 bridgehead atoms. The van der Waals surface area contributed by atoms with Crippen molar-refractivity contribution >= 4 is 29.1 Å². The van der Waals surface area contributed by atoms with Crippen molar-refractivity contribution in [1.82, 2.24) is 0 Å². The van der Waals surface area contributed by atoms with Gasteiger partial charge in [-0.15, -0.1) is 0 Å². The van der Waals surface area contributed by atoms with E-state index in [1.807, 2.05) is 31.2 Å². The third kappa shape index (κ3) is 3.25. The quantitative estimate of drug-likeness (QED) is 0.842. The van der Waals surface area contributed by atoms with Gasteiger partial charge in [0.15, 0.2) is 0 Å². The molecule has 1 N–H and O–H groups in total. The first kappa shape index (κ1) is 17.5. The Hall–Kier alpha value is -2.95. The molecule has 3 amide bonds. The standard InChI is InChI=1S/C22H22N2O3/c1-14-6-10-16(11-7-14)23-20(25)15-8-12-17(13-9-15)24-21(26)18-4-2-3-5-19(18)22(24)27/h6-13,18-19H,2-5H2,1H3,(H,23,25). The predicted molar refractivity (Wildman–Crippen MR) is 104 cm³/mol. The number of nitrogens with one attached hydrogen (secondary N) is 1. The van der Waals surface area contributed by atoms with E-state index >= 15 is 0 Å². The number of benzene rings is 2. The van der Waals surface area contributed by atoms with Gasteiger partial charge in [-0.25, -0.2) is 0 Å². The van der Waals surface area contributed by atoms with Crippen LogP contribution in [0.2, 0.25) is 0 Å². The lowest BCUT2D eigenvalue weighted by Crippen LogP contribution is -2.30. The molecule has 1 aliphatic heterocycles. The lowest BCUT2D eigenvalue weighted by molar-refractivity contribution is -0.122. The number of aryl methyl sites for hydroxylation is 1. The summed E-state index contributed by atoms with van der Waals surface area (Å²) in [6.07, 6.45) is 3.60. The normalized spacial score (nSPS) is 21.9. The molecule has 2 atom stereocenters. The molecule has 1 saturated carbocycles. The minimum Gasteiger partial charge on any atom is -0.322 e. The molecule has 138 valence electrons. The molecule has 4 rings (SSSR count). The molecule has 2 aromatic carbocycles. The maximum atomic E-state index is 12.7. The summed E-state index contributed by atoms with van der Waals surface area (Å²) < 4.78 is 0. The van der Waals surface area contributed by atoms with E-state index in [1.54, 1.807) is 24.3 Å². The van der Waals surface area contributed by atoms with Crippen LogP contribution in [0.1, 0.15) is 41.6 Å². The maximum absolute atomic E-state index is 12.7. The van der Waals surface area contributed by atoms with Crippen LogP contribution in [-0.2, 0) is 9.59 Å². The van der Waals surface area contributed by atoms with Crippen molar-refractivity contribution in [2.75, 3.05) is 10.2 Å². The Bertz CT molecular complexity index is 863. The summed E-state index contributed by atoms with van der Waals surface area (Å²) in [7, 11) is 0. The number of carbonyl (C=O) groups excluding carboxylic acids is 3. The minimum atomic E-state index is -0.224. The second kappa shape index (κ2) is 6.99. The lowest BCUT2D eigenvalue weighted by atomic mass is 9.81. The van der Waals surface area contributed by atoms with Gasteiger partial charge >= 0.3 is 0 Å². The number of carbonyl (C=O) groups is 3. The van der Waals surface area contributed by atoms with Crippen molar-refractivity contribution in [3.63, 3.8) is 0 Å². The van der Waals surface area contributed by atoms with E-state index in [0.29, 0.717) is 11.3 Å². The summed E-state index contributed by atoms with van der Waals surface area (Å²) >= 11 is 0. The molecule has 2 aromatic rings. The van der Waals surface area contributed by atoms with E-state index in [0.717, 1.165) is 36.9 Å². The summed E-state index contributed by atoms with van der Waals surface area (Å²) in [5.41, 5.74) is 2.88. The van der Waals surface area contributed by atoms with Crippen molar-refractivity contribution in [3.05, 3.63) is 59.7 Å². The van der Waals surface area contributed by atoms with Crippen LogP contribution in [0.4, 0.5) is 11.4 Å². The Morgan fingerprint density at radius 2 is 1.44 bits per heavy atom. The van der Waals surface area contributed by atoms with Gasteiger partial charge in [-0.2, -0.15) is 0 Å². The first-order valence-corrected chi connectivity index (χ1v) is 9.40. The van der Waals surface area contributed by atoms with Crippen molar-refractivity contribution in [3.8, 4) is 0 Å². The molecule has 0 aromatic heterocycles. The molecule has 5 heteroatoms. The Morgan fingerprint density at radius 1 is 0.889 bits per heavy atom. The highest BCUT2D eigenvalue weighted by atomic mass is 16.2. The Morgan fingerprint density at radius 3 is 2.00 bits per heavy atom. The van der Waals surface area contributed by atoms with E-state index in [9.17, 15) is 14.4 Å². The van der Waals surface area contributed by atoms with E-state index in [4.69, 9.17) is 0 Å². The van der Waals surface area contributed by atoms with Gasteiger partial charge in [0.25, 0.3) is 5.91 Å². The van der Waals surface area contributed by atoms with Crippen LogP contribution in [0.3, 0.4) is 0 Å². The summed E-state index contributed by atoms with van der Waals surface area (Å²) in [4.78, 5) is 39.0. The van der Waals surface area contributed by atoms with E-state index in [1.165, 1.54) is 4.90 Å². The average Bonchev–Trinajstić information content (AvgIpc) is 2.95. The molecule has 2 fully saturated rings. The highest BCUT2D eigenvalue weighted by molar-refractivity contribution is 6.22. The van der Waals surface area contributed by atoms with E-state index in [-0.39, 0.29) is 29.6 Å². The van der Waals surface area contributed by atoms with Crippen LogP contribution in [0.5, 0.6) is 0 Å². The Labute approximate surface area is 158 Å². The largest absolute Gasteiger partial charge is 0.322 e. The van der Waals surface area contributed by atoms with Gasteiger partial charge < -0.3 is 5.32 Å². The van der Waals surface area contributed by atoms with Crippen LogP contribution in [0.15, 0.2) is 48.5 Å². The third-order valence-electron chi connectivity index (χ3n) is 5.54. The number of hydrogen-bond donors (Lipinski definition) is 1. The van der Waals surface area contributed by atoms with Gasteiger partial charge in [-0.05, 0) is 56.2 Å². The fourth-order valence-corrected chi connectivity index (χ4v) is 4.02. The molecular weight excluding hydrogens is 340 g/mol. The van der Waals surface area contributed by atoms with Gasteiger partial charge in [0.1, 0.15) is 0 Å². The van der Waals surface area contributed by atoms with Crippen LogP contribution >= 0.6 is 0 Å². The van der Waals surface area contributed by atoms with Gasteiger partial charge in [0.2, 0.25) is 11.8 Å². The van der Waals surface area contributed by atoms with Crippen molar-refractivity contribution in [2.24, 2.45) is 11.8 Å². The van der Waals surface area contributed by atoms with E-state index in [2.05, 4.69) is 5.32 Å². The Kier molecular flexibility index (Phi) is 4.52. The number of fused-ring (bicyclic) bond motifs is 1. The highest BCUT2D eigenvalue weighted by Crippen LogP contribution is 2.40. The van der Waals surface area contributed by atoms with Gasteiger partial charge in [-0.1, -0.05) is 30.5 Å². The molecule has 0 radical (unpaired) electrons. The smallest absolute Gasteiger partial charge is 0.255 e. The summed E-state index contributed by atoms with van der Waals surface area (Å²) in [6, 6.07) is 14.2. The van der Waals surface area contributed by atoms with Crippen LogP contribution in [0.25, 0.3) is 0 Å². The molecular formula is C22H22N2O3. The zero-order valence-electron chi connectivity index (χ0n) is 15.3. The highest BCUT2D eigenvalue weighted by Gasteiger charge is 2.48. The molecule has 2 unspecified atom stereocenters. The molecule has 27 heavy (non-hydrogen) atoms. The SMILES string of the molecule is Cc1ccc(NC(=O)c2ccc(N3C(=O)C4CCCCC4C3=O)cc2)cc1. The number of amides is 3. The number of rotatable bonds is 3. The maximum Gasteiger partial charge on any atom is 0.255 e.